The highest BCUT2D eigenvalue weighted by Crippen LogP contribution is 2.39. The Morgan fingerprint density at radius 2 is 1.69 bits per heavy atom. The van der Waals surface area contributed by atoms with E-state index < -0.39 is 17.9 Å². The first-order valence-electron chi connectivity index (χ1n) is 11.5. The summed E-state index contributed by atoms with van der Waals surface area (Å²) in [5.74, 6) is -0.197. The highest BCUT2D eigenvalue weighted by Gasteiger charge is 2.27. The Balaban J connectivity index is 1.24. The van der Waals surface area contributed by atoms with Gasteiger partial charge >= 0.3 is 0 Å². The smallest absolute Gasteiger partial charge is 0.283 e. The van der Waals surface area contributed by atoms with Gasteiger partial charge in [-0.05, 0) is 30.2 Å². The summed E-state index contributed by atoms with van der Waals surface area (Å²) in [5.41, 5.74) is 2.13. The van der Waals surface area contributed by atoms with Gasteiger partial charge in [-0.3, -0.25) is 9.59 Å². The summed E-state index contributed by atoms with van der Waals surface area (Å²) in [6.45, 7) is 0.203. The minimum Gasteiger partial charge on any atom is -0.493 e. The zero-order valence-electron chi connectivity index (χ0n) is 19.3. The van der Waals surface area contributed by atoms with E-state index in [0.29, 0.717) is 29.9 Å². The van der Waals surface area contributed by atoms with E-state index >= 15 is 0 Å². The number of nitrogens with zero attached hydrogens (tertiary/aromatic N) is 3. The van der Waals surface area contributed by atoms with Crippen LogP contribution < -0.4 is 14.8 Å². The van der Waals surface area contributed by atoms with Crippen LogP contribution in [-0.2, 0) is 22.6 Å². The molecule has 182 valence electrons. The second-order valence-electron chi connectivity index (χ2n) is 8.25. The Hall–Kier alpha value is -4.66. The number of hydrogen-bond acceptors (Lipinski definition) is 6. The number of carbonyl (C=O) groups is 2. The molecule has 0 radical (unpaired) electrons. The van der Waals surface area contributed by atoms with Gasteiger partial charge in [-0.1, -0.05) is 60.7 Å². The van der Waals surface area contributed by atoms with E-state index in [9.17, 15) is 14.7 Å². The molecule has 9 heteroatoms. The number of amides is 2. The van der Waals surface area contributed by atoms with Crippen molar-refractivity contribution in [2.24, 2.45) is 10.2 Å². The molecule has 0 unspecified atom stereocenters. The molecule has 1 aromatic heterocycles. The van der Waals surface area contributed by atoms with Crippen molar-refractivity contribution in [2.45, 2.75) is 19.1 Å². The van der Waals surface area contributed by atoms with Crippen molar-refractivity contribution in [3.8, 4) is 17.4 Å². The number of fused-ring (bicyclic) bond motifs is 2. The summed E-state index contributed by atoms with van der Waals surface area (Å²) in [6.07, 6.45) is -0.164. The predicted octanol–water partition coefficient (Wildman–Crippen LogP) is 4.16. The lowest BCUT2D eigenvalue weighted by Crippen LogP contribution is -2.45. The number of para-hydroxylation sites is 3. The number of rotatable bonds is 7. The van der Waals surface area contributed by atoms with Crippen LogP contribution >= 0.6 is 0 Å². The highest BCUT2D eigenvalue weighted by atomic mass is 16.6. The van der Waals surface area contributed by atoms with Gasteiger partial charge in [0, 0.05) is 11.9 Å². The lowest BCUT2D eigenvalue weighted by atomic mass is 10.1. The average Bonchev–Trinajstić information content (AvgIpc) is 3.19. The van der Waals surface area contributed by atoms with Crippen LogP contribution in [0.2, 0.25) is 0 Å². The maximum Gasteiger partial charge on any atom is 0.283 e. The van der Waals surface area contributed by atoms with Gasteiger partial charge in [-0.25, -0.2) is 0 Å². The van der Waals surface area contributed by atoms with Gasteiger partial charge in [0.25, 0.3) is 11.8 Å². The van der Waals surface area contributed by atoms with Gasteiger partial charge in [0.1, 0.15) is 13.2 Å². The van der Waals surface area contributed by atoms with Crippen molar-refractivity contribution in [1.82, 2.24) is 9.88 Å². The fourth-order valence-corrected chi connectivity index (χ4v) is 4.05. The van der Waals surface area contributed by atoms with E-state index in [1.807, 2.05) is 60.7 Å². The molecular formula is C27H24N4O5. The van der Waals surface area contributed by atoms with Gasteiger partial charge in [0.15, 0.2) is 17.2 Å². The molecule has 0 saturated heterocycles. The molecule has 1 atom stereocenters. The van der Waals surface area contributed by atoms with Gasteiger partial charge in [-0.15, -0.1) is 10.2 Å². The molecule has 5 rings (SSSR count). The van der Waals surface area contributed by atoms with E-state index in [1.54, 1.807) is 22.8 Å². The van der Waals surface area contributed by atoms with E-state index in [-0.39, 0.29) is 24.7 Å². The quantitative estimate of drug-likeness (QED) is 0.383. The maximum absolute atomic E-state index is 12.4. The van der Waals surface area contributed by atoms with Crippen LogP contribution in [0.25, 0.3) is 10.9 Å². The van der Waals surface area contributed by atoms with E-state index in [1.165, 1.54) is 0 Å². The molecule has 36 heavy (non-hydrogen) atoms. The molecule has 1 aliphatic rings. The number of benzene rings is 3. The third kappa shape index (κ3) is 4.90. The van der Waals surface area contributed by atoms with Gasteiger partial charge < -0.3 is 24.5 Å². The summed E-state index contributed by atoms with van der Waals surface area (Å²) < 4.78 is 12.9. The number of carbonyl (C=O) groups excluding carboxylic acids is 2. The van der Waals surface area contributed by atoms with Crippen molar-refractivity contribution in [2.75, 3.05) is 13.2 Å². The molecule has 9 nitrogen and oxygen atoms in total. The summed E-state index contributed by atoms with van der Waals surface area (Å²) in [7, 11) is 0. The Bertz CT molecular complexity index is 1430. The second-order valence-corrected chi connectivity index (χ2v) is 8.25. The van der Waals surface area contributed by atoms with E-state index in [4.69, 9.17) is 9.47 Å². The molecule has 0 spiro atoms. The van der Waals surface area contributed by atoms with Crippen molar-refractivity contribution in [3.63, 3.8) is 0 Å². The van der Waals surface area contributed by atoms with Gasteiger partial charge in [-0.2, -0.15) is 0 Å². The molecule has 2 N–H and O–H groups in total. The summed E-state index contributed by atoms with van der Waals surface area (Å²) in [5, 5.41) is 21.8. The van der Waals surface area contributed by atoms with Crippen LogP contribution in [-0.4, -0.2) is 40.7 Å². The van der Waals surface area contributed by atoms with Crippen LogP contribution in [0.5, 0.6) is 17.4 Å². The Morgan fingerprint density at radius 3 is 2.53 bits per heavy atom. The highest BCUT2D eigenvalue weighted by molar-refractivity contribution is 5.95. The first-order valence-corrected chi connectivity index (χ1v) is 11.5. The van der Waals surface area contributed by atoms with E-state index in [0.717, 1.165) is 11.1 Å². The Kier molecular flexibility index (Phi) is 6.61. The number of aryl methyl sites for hydroxylation is 2. The van der Waals surface area contributed by atoms with Crippen molar-refractivity contribution in [1.29, 1.82) is 0 Å². The predicted molar refractivity (Wildman–Crippen MR) is 133 cm³/mol. The van der Waals surface area contributed by atoms with Crippen molar-refractivity contribution >= 4 is 28.4 Å². The third-order valence-corrected chi connectivity index (χ3v) is 5.86. The van der Waals surface area contributed by atoms with Crippen LogP contribution in [0, 0.1) is 0 Å². The van der Waals surface area contributed by atoms with E-state index in [2.05, 4.69) is 15.5 Å². The third-order valence-electron chi connectivity index (χ3n) is 5.86. The van der Waals surface area contributed by atoms with Crippen molar-refractivity contribution < 1.29 is 24.2 Å². The zero-order valence-corrected chi connectivity index (χ0v) is 19.3. The standard InChI is InChI=1S/C27H24N4O5/c32-24(16-28-26(33)23-17-35-21-12-6-7-13-22(21)36-23)29-30-25-19-10-4-5-11-20(19)31(27(25)34)15-14-18-8-2-1-3-9-18/h1-13,23,34H,14-17H2,(H,28,33)/t23-/m0/s1. The molecule has 4 aromatic rings. The molecule has 3 aromatic carbocycles. The number of azo groups is 1. The lowest BCUT2D eigenvalue weighted by Gasteiger charge is -2.25. The molecule has 0 fully saturated rings. The molecule has 1 aliphatic heterocycles. The van der Waals surface area contributed by atoms with Gasteiger partial charge in [0.2, 0.25) is 12.0 Å². The fourth-order valence-electron chi connectivity index (χ4n) is 4.05. The number of nitrogens with one attached hydrogen (secondary N) is 1. The zero-order chi connectivity index (χ0) is 24.9. The van der Waals surface area contributed by atoms with Crippen molar-refractivity contribution in [3.05, 3.63) is 84.4 Å². The minimum absolute atomic E-state index is 0.0366. The second kappa shape index (κ2) is 10.3. The molecule has 0 saturated carbocycles. The Morgan fingerprint density at radius 1 is 0.972 bits per heavy atom. The average molecular weight is 485 g/mol. The number of ether oxygens (including phenoxy) is 2. The minimum atomic E-state index is -0.878. The summed E-state index contributed by atoms with van der Waals surface area (Å²) in [4.78, 5) is 24.8. The molecular weight excluding hydrogens is 460 g/mol. The van der Waals surface area contributed by atoms with Gasteiger partial charge in [0.05, 0.1) is 5.52 Å². The molecule has 2 amide bonds. The molecule has 2 heterocycles. The number of hydrogen-bond donors (Lipinski definition) is 2. The maximum atomic E-state index is 12.4. The fraction of sp³-hybridized carbons (Fsp3) is 0.185. The number of aromatic hydroxyl groups is 1. The van der Waals surface area contributed by atoms with Crippen LogP contribution in [0.3, 0.4) is 0 Å². The van der Waals surface area contributed by atoms with Crippen LogP contribution in [0.4, 0.5) is 5.69 Å². The summed E-state index contributed by atoms with van der Waals surface area (Å²) >= 11 is 0. The SMILES string of the molecule is O=C(CNC(=O)[C@@H]1COc2ccccc2O1)N=Nc1c(O)n(CCc2ccccc2)c2ccccc12. The molecule has 0 aliphatic carbocycles. The monoisotopic (exact) mass is 484 g/mol. The van der Waals surface area contributed by atoms with Crippen LogP contribution in [0.1, 0.15) is 5.56 Å². The lowest BCUT2D eigenvalue weighted by molar-refractivity contribution is -0.132. The largest absolute Gasteiger partial charge is 0.493 e. The van der Waals surface area contributed by atoms with Crippen LogP contribution in [0.15, 0.2) is 89.1 Å². The topological polar surface area (TPSA) is 115 Å². The first kappa shape index (κ1) is 23.1. The normalized spacial score (nSPS) is 14.7. The first-order chi connectivity index (χ1) is 17.6. The number of aromatic nitrogens is 1. The molecule has 0 bridgehead atoms. The summed E-state index contributed by atoms with van der Waals surface area (Å²) in [6, 6.07) is 24.4. The Labute approximate surface area is 207 Å².